The van der Waals surface area contributed by atoms with Crippen molar-refractivity contribution in [3.05, 3.63) is 71.8 Å². The molecule has 0 aromatic heterocycles. The molecular formula is C14H10Cl3F. The molecule has 2 rings (SSSR count). The molecular weight excluding hydrogens is 294 g/mol. The van der Waals surface area contributed by atoms with Crippen molar-refractivity contribution in [2.75, 3.05) is 0 Å². The molecule has 0 N–H and O–H groups in total. The van der Waals surface area contributed by atoms with Crippen LogP contribution in [0.15, 0.2) is 60.7 Å². The Bertz CT molecular complexity index is 466. The summed E-state index contributed by atoms with van der Waals surface area (Å²) >= 11 is 17.8. The Kier molecular flexibility index (Phi) is 3.86. The van der Waals surface area contributed by atoms with Gasteiger partial charge in [-0.15, -0.1) is 11.6 Å². The van der Waals surface area contributed by atoms with Crippen molar-refractivity contribution < 1.29 is 4.39 Å². The predicted molar refractivity (Wildman–Crippen MR) is 75.1 cm³/mol. The average Bonchev–Trinajstić information content (AvgIpc) is 2.38. The normalized spacial score (nSPS) is 12.4. The van der Waals surface area contributed by atoms with Crippen LogP contribution in [0.5, 0.6) is 0 Å². The number of hydrogen-bond acceptors (Lipinski definition) is 0. The highest BCUT2D eigenvalue weighted by molar-refractivity contribution is 6.52. The third kappa shape index (κ3) is 2.35. The molecule has 0 amide bonds. The summed E-state index contributed by atoms with van der Waals surface area (Å²) in [5.41, 5.74) is 1.01. The smallest absolute Gasteiger partial charge is 0.205 e. The summed E-state index contributed by atoms with van der Waals surface area (Å²) in [6.07, 6.45) is 0. The second-order valence-electron chi connectivity index (χ2n) is 3.89. The number of benzene rings is 2. The van der Waals surface area contributed by atoms with E-state index in [2.05, 4.69) is 0 Å². The van der Waals surface area contributed by atoms with Gasteiger partial charge in [0.1, 0.15) is 0 Å². The maximum absolute atomic E-state index is 14.2. The summed E-state index contributed by atoms with van der Waals surface area (Å²) in [6.45, 7) is 0. The van der Waals surface area contributed by atoms with Crippen LogP contribution in [-0.2, 0) is 4.87 Å². The minimum absolute atomic E-state index is 0.505. The molecule has 0 aliphatic rings. The zero-order chi connectivity index (χ0) is 13.2. The van der Waals surface area contributed by atoms with Crippen molar-refractivity contribution in [1.29, 1.82) is 0 Å². The van der Waals surface area contributed by atoms with Crippen LogP contribution in [0.3, 0.4) is 0 Å². The Labute approximate surface area is 120 Å². The summed E-state index contributed by atoms with van der Waals surface area (Å²) in [4.78, 5) is -1.64. The molecule has 0 saturated carbocycles. The van der Waals surface area contributed by atoms with Crippen molar-refractivity contribution >= 4 is 34.8 Å². The molecule has 0 nitrogen and oxygen atoms in total. The highest BCUT2D eigenvalue weighted by atomic mass is 35.5. The molecule has 0 aliphatic heterocycles. The van der Waals surface area contributed by atoms with Crippen molar-refractivity contribution in [1.82, 2.24) is 0 Å². The van der Waals surface area contributed by atoms with E-state index in [1.807, 2.05) is 12.1 Å². The fourth-order valence-corrected chi connectivity index (χ4v) is 2.52. The van der Waals surface area contributed by atoms with E-state index in [0.717, 1.165) is 0 Å². The second kappa shape index (κ2) is 5.08. The van der Waals surface area contributed by atoms with E-state index < -0.39 is 9.46 Å². The van der Waals surface area contributed by atoms with Crippen LogP contribution in [-0.4, -0.2) is 4.59 Å². The minimum Gasteiger partial charge on any atom is -0.205 e. The molecule has 0 unspecified atom stereocenters. The van der Waals surface area contributed by atoms with Gasteiger partial charge in [-0.1, -0.05) is 83.9 Å². The van der Waals surface area contributed by atoms with E-state index in [9.17, 15) is 4.39 Å². The molecule has 0 radical (unpaired) electrons. The van der Waals surface area contributed by atoms with Gasteiger partial charge in [-0.3, -0.25) is 0 Å². The van der Waals surface area contributed by atoms with Crippen molar-refractivity contribution in [2.24, 2.45) is 0 Å². The molecule has 2 aromatic rings. The molecule has 4 heteroatoms. The Morgan fingerprint density at radius 2 is 1.00 bits per heavy atom. The van der Waals surface area contributed by atoms with E-state index in [4.69, 9.17) is 34.8 Å². The van der Waals surface area contributed by atoms with Gasteiger partial charge in [0.05, 0.1) is 0 Å². The number of rotatable bonds is 3. The second-order valence-corrected chi connectivity index (χ2v) is 5.69. The maximum Gasteiger partial charge on any atom is 0.284 e. The number of halogens is 4. The van der Waals surface area contributed by atoms with Gasteiger partial charge >= 0.3 is 0 Å². The monoisotopic (exact) mass is 302 g/mol. The quantitative estimate of drug-likeness (QED) is 0.678. The van der Waals surface area contributed by atoms with Crippen LogP contribution in [0.4, 0.5) is 4.39 Å². The molecule has 0 spiro atoms. The van der Waals surface area contributed by atoms with Crippen molar-refractivity contribution in [3.8, 4) is 0 Å². The highest BCUT2D eigenvalue weighted by Crippen LogP contribution is 2.52. The summed E-state index contributed by atoms with van der Waals surface area (Å²) in [6, 6.07) is 17.4. The van der Waals surface area contributed by atoms with Gasteiger partial charge in [0.15, 0.2) is 4.87 Å². The molecule has 94 valence electrons. The fraction of sp³-hybridized carbons (Fsp3) is 0.143. The Morgan fingerprint density at radius 1 is 0.667 bits per heavy atom. The SMILES string of the molecule is FC(Cl)(Cl)C(Cl)(c1ccccc1)c1ccccc1. The predicted octanol–water partition coefficient (Wildman–Crippen LogP) is 5.27. The first-order chi connectivity index (χ1) is 8.46. The molecule has 0 atom stereocenters. The zero-order valence-electron chi connectivity index (χ0n) is 9.29. The largest absolute Gasteiger partial charge is 0.284 e. The van der Waals surface area contributed by atoms with Crippen molar-refractivity contribution in [3.63, 3.8) is 0 Å². The summed E-state index contributed by atoms with van der Waals surface area (Å²) < 4.78 is 11.6. The Hall–Kier alpha value is -0.760. The highest BCUT2D eigenvalue weighted by Gasteiger charge is 2.51. The number of alkyl halides is 4. The maximum atomic E-state index is 14.2. The third-order valence-corrected chi connectivity index (χ3v) is 4.19. The third-order valence-electron chi connectivity index (χ3n) is 2.73. The van der Waals surface area contributed by atoms with E-state index in [0.29, 0.717) is 11.1 Å². The molecule has 0 heterocycles. The van der Waals surface area contributed by atoms with Crippen LogP contribution >= 0.6 is 34.8 Å². The van der Waals surface area contributed by atoms with Crippen LogP contribution in [0.1, 0.15) is 11.1 Å². The van der Waals surface area contributed by atoms with Gasteiger partial charge in [-0.25, -0.2) is 4.39 Å². The lowest BCUT2D eigenvalue weighted by molar-refractivity contribution is 0.330. The molecule has 0 saturated heterocycles. The Morgan fingerprint density at radius 3 is 1.28 bits per heavy atom. The van der Waals surface area contributed by atoms with Gasteiger partial charge in [0.2, 0.25) is 0 Å². The summed E-state index contributed by atoms with van der Waals surface area (Å²) in [7, 11) is 0. The van der Waals surface area contributed by atoms with E-state index >= 15 is 0 Å². The fourth-order valence-electron chi connectivity index (χ4n) is 1.83. The lowest BCUT2D eigenvalue weighted by Crippen LogP contribution is -2.36. The standard InChI is InChI=1S/C14H10Cl3F/c15-13(14(16,17)18,11-7-3-1-4-8-11)12-9-5-2-6-10-12/h1-10H. The van der Waals surface area contributed by atoms with E-state index in [1.165, 1.54) is 0 Å². The number of hydrogen-bond donors (Lipinski definition) is 0. The van der Waals surface area contributed by atoms with Gasteiger partial charge in [-0.2, -0.15) is 0 Å². The summed E-state index contributed by atoms with van der Waals surface area (Å²) in [5, 5.41) is 0. The lowest BCUT2D eigenvalue weighted by atomic mass is 9.91. The topological polar surface area (TPSA) is 0 Å². The van der Waals surface area contributed by atoms with Gasteiger partial charge in [0.25, 0.3) is 4.59 Å². The average molecular weight is 304 g/mol. The van der Waals surface area contributed by atoms with Crippen LogP contribution in [0, 0.1) is 0 Å². The van der Waals surface area contributed by atoms with E-state index in [1.54, 1.807) is 48.5 Å². The van der Waals surface area contributed by atoms with Crippen LogP contribution in [0.25, 0.3) is 0 Å². The Balaban J connectivity index is 2.63. The van der Waals surface area contributed by atoms with Crippen molar-refractivity contribution in [2.45, 2.75) is 9.46 Å². The molecule has 0 bridgehead atoms. The van der Waals surface area contributed by atoms with Gasteiger partial charge in [-0.05, 0) is 11.1 Å². The van der Waals surface area contributed by atoms with Crippen LogP contribution < -0.4 is 0 Å². The first-order valence-corrected chi connectivity index (χ1v) is 6.46. The molecule has 2 aromatic carbocycles. The van der Waals surface area contributed by atoms with E-state index in [-0.39, 0.29) is 0 Å². The summed E-state index contributed by atoms with van der Waals surface area (Å²) in [5.74, 6) is 0. The first-order valence-electron chi connectivity index (χ1n) is 5.33. The van der Waals surface area contributed by atoms with Gasteiger partial charge < -0.3 is 0 Å². The molecule has 0 aliphatic carbocycles. The molecule has 0 fully saturated rings. The lowest BCUT2D eigenvalue weighted by Gasteiger charge is -2.33. The zero-order valence-corrected chi connectivity index (χ0v) is 11.6. The van der Waals surface area contributed by atoms with Gasteiger partial charge in [0, 0.05) is 0 Å². The van der Waals surface area contributed by atoms with Crippen LogP contribution in [0.2, 0.25) is 0 Å². The molecule has 18 heavy (non-hydrogen) atoms. The minimum atomic E-state index is -2.63. The first kappa shape index (κ1) is 13.7.